The monoisotopic (exact) mass is 337 g/mol. The lowest BCUT2D eigenvalue weighted by molar-refractivity contribution is -0.701. The van der Waals surface area contributed by atoms with Crippen LogP contribution in [0.15, 0.2) is 47.1 Å². The molecule has 0 aliphatic carbocycles. The van der Waals surface area contributed by atoms with Gasteiger partial charge in [0.25, 0.3) is 0 Å². The highest BCUT2D eigenvalue weighted by atomic mass is 32.2. The summed E-state index contributed by atoms with van der Waals surface area (Å²) < 4.78 is 34.4. The molecule has 2 atom stereocenters. The fraction of sp³-hybridized carbons (Fsp3) is 0.375. The zero-order valence-electron chi connectivity index (χ0n) is 12.9. The molecule has 6 nitrogen and oxygen atoms in total. The number of rotatable bonds is 6. The Morgan fingerprint density at radius 3 is 2.70 bits per heavy atom. The van der Waals surface area contributed by atoms with E-state index in [4.69, 9.17) is 9.15 Å². The fourth-order valence-corrected chi connectivity index (χ4v) is 4.82. The molecule has 1 aromatic carbocycles. The van der Waals surface area contributed by atoms with Crippen molar-refractivity contribution in [1.82, 2.24) is 0 Å². The summed E-state index contributed by atoms with van der Waals surface area (Å²) in [5, 5.41) is 5.36. The number of methoxy groups -OCH3 is 1. The van der Waals surface area contributed by atoms with Gasteiger partial charge < -0.3 is 19.8 Å². The molecule has 0 unspecified atom stereocenters. The zero-order chi connectivity index (χ0) is 16.3. The van der Waals surface area contributed by atoms with Gasteiger partial charge in [-0.3, -0.25) is 0 Å². The standard InChI is InChI=1S/C16H20N2O4S/c1-21-13-6-4-12(5-7-13)18-16-11-23(19,20)10-15(16)17-9-14-3-2-8-22-14/h2-8,15-18H,9-11H2,1H3/p+1/t15-,16-/m1/s1. The van der Waals surface area contributed by atoms with E-state index in [0.717, 1.165) is 17.2 Å². The van der Waals surface area contributed by atoms with Crippen molar-refractivity contribution in [2.45, 2.75) is 18.6 Å². The molecule has 3 rings (SSSR count). The number of anilines is 1. The number of hydrogen-bond acceptors (Lipinski definition) is 5. The molecule has 23 heavy (non-hydrogen) atoms. The average molecular weight is 337 g/mol. The van der Waals surface area contributed by atoms with Gasteiger partial charge in [-0.25, -0.2) is 8.42 Å². The minimum atomic E-state index is -3.02. The van der Waals surface area contributed by atoms with Crippen LogP contribution in [0.2, 0.25) is 0 Å². The van der Waals surface area contributed by atoms with Crippen molar-refractivity contribution < 1.29 is 22.9 Å². The summed E-state index contributed by atoms with van der Waals surface area (Å²) in [5.74, 6) is 1.95. The van der Waals surface area contributed by atoms with Gasteiger partial charge in [0.05, 0.1) is 25.2 Å². The molecule has 0 saturated carbocycles. The van der Waals surface area contributed by atoms with Gasteiger partial charge >= 0.3 is 0 Å². The third-order valence-electron chi connectivity index (χ3n) is 4.04. The van der Waals surface area contributed by atoms with Crippen LogP contribution >= 0.6 is 0 Å². The minimum absolute atomic E-state index is 0.0350. The third kappa shape index (κ3) is 4.05. The number of furan rings is 1. The molecule has 0 amide bonds. The molecular weight excluding hydrogens is 316 g/mol. The van der Waals surface area contributed by atoms with Crippen LogP contribution in [0.4, 0.5) is 5.69 Å². The lowest BCUT2D eigenvalue weighted by atomic mass is 10.1. The number of quaternary nitrogens is 1. The van der Waals surface area contributed by atoms with Crippen molar-refractivity contribution >= 4 is 15.5 Å². The summed E-state index contributed by atoms with van der Waals surface area (Å²) in [6.07, 6.45) is 1.63. The van der Waals surface area contributed by atoms with Crippen molar-refractivity contribution in [1.29, 1.82) is 0 Å². The van der Waals surface area contributed by atoms with E-state index in [9.17, 15) is 8.42 Å². The Hall–Kier alpha value is -1.99. The predicted molar refractivity (Wildman–Crippen MR) is 87.2 cm³/mol. The summed E-state index contributed by atoms with van der Waals surface area (Å²) in [6, 6.07) is 11.1. The topological polar surface area (TPSA) is 85.1 Å². The molecule has 2 aromatic rings. The predicted octanol–water partition coefficient (Wildman–Crippen LogP) is 0.629. The van der Waals surface area contributed by atoms with Crippen molar-refractivity contribution in [3.8, 4) is 5.75 Å². The van der Waals surface area contributed by atoms with Gasteiger partial charge in [-0.05, 0) is 36.4 Å². The summed E-state index contributed by atoms with van der Waals surface area (Å²) in [7, 11) is -1.40. The Kier molecular flexibility index (Phi) is 4.58. The molecule has 0 spiro atoms. The number of nitrogens with one attached hydrogen (secondary N) is 1. The molecule has 1 fully saturated rings. The van der Waals surface area contributed by atoms with E-state index in [-0.39, 0.29) is 23.6 Å². The van der Waals surface area contributed by atoms with Gasteiger partial charge in [0, 0.05) is 5.69 Å². The van der Waals surface area contributed by atoms with Gasteiger partial charge in [0.1, 0.15) is 24.1 Å². The first kappa shape index (κ1) is 15.9. The second-order valence-electron chi connectivity index (χ2n) is 5.74. The van der Waals surface area contributed by atoms with Gasteiger partial charge in [-0.2, -0.15) is 0 Å². The second-order valence-corrected chi connectivity index (χ2v) is 7.89. The Bertz CT molecular complexity index is 726. The van der Waals surface area contributed by atoms with Crippen LogP contribution in [0, 0.1) is 0 Å². The van der Waals surface area contributed by atoms with Crippen LogP contribution in [0.25, 0.3) is 0 Å². The average Bonchev–Trinajstić information content (AvgIpc) is 3.13. The lowest BCUT2D eigenvalue weighted by Crippen LogP contribution is -2.91. The van der Waals surface area contributed by atoms with Crippen LogP contribution < -0.4 is 15.4 Å². The number of benzene rings is 1. The first-order valence-electron chi connectivity index (χ1n) is 7.52. The van der Waals surface area contributed by atoms with E-state index in [2.05, 4.69) is 5.32 Å². The number of nitrogens with two attached hydrogens (primary N) is 1. The van der Waals surface area contributed by atoms with E-state index in [1.54, 1.807) is 13.4 Å². The highest BCUT2D eigenvalue weighted by Crippen LogP contribution is 2.19. The maximum Gasteiger partial charge on any atom is 0.158 e. The molecule has 1 aromatic heterocycles. The lowest BCUT2D eigenvalue weighted by Gasteiger charge is -2.19. The van der Waals surface area contributed by atoms with Gasteiger partial charge in [-0.1, -0.05) is 0 Å². The number of hydrogen-bond donors (Lipinski definition) is 2. The first-order chi connectivity index (χ1) is 11.1. The van der Waals surface area contributed by atoms with E-state index in [1.807, 2.05) is 41.7 Å². The van der Waals surface area contributed by atoms with Gasteiger partial charge in [0.15, 0.2) is 15.6 Å². The Balaban J connectivity index is 1.66. The molecule has 7 heteroatoms. The van der Waals surface area contributed by atoms with Gasteiger partial charge in [-0.15, -0.1) is 0 Å². The zero-order valence-corrected chi connectivity index (χ0v) is 13.8. The molecule has 1 saturated heterocycles. The molecule has 124 valence electrons. The molecule has 3 N–H and O–H groups in total. The normalized spacial score (nSPS) is 22.8. The van der Waals surface area contributed by atoms with Crippen molar-refractivity contribution in [3.05, 3.63) is 48.4 Å². The van der Waals surface area contributed by atoms with Crippen molar-refractivity contribution in [3.63, 3.8) is 0 Å². The SMILES string of the molecule is COc1ccc(N[C@@H]2CS(=O)(=O)C[C@H]2[NH2+]Cc2ccco2)cc1. The second kappa shape index (κ2) is 6.64. The van der Waals surface area contributed by atoms with Crippen molar-refractivity contribution in [2.75, 3.05) is 23.9 Å². The summed E-state index contributed by atoms with van der Waals surface area (Å²) in [5.41, 5.74) is 0.893. The molecule has 0 radical (unpaired) electrons. The quantitative estimate of drug-likeness (QED) is 0.808. The van der Waals surface area contributed by atoms with Crippen LogP contribution in [-0.2, 0) is 16.4 Å². The van der Waals surface area contributed by atoms with E-state index in [0.29, 0.717) is 6.54 Å². The van der Waals surface area contributed by atoms with Crippen LogP contribution in [0.5, 0.6) is 5.75 Å². The highest BCUT2D eigenvalue weighted by molar-refractivity contribution is 7.91. The third-order valence-corrected chi connectivity index (χ3v) is 5.80. The first-order valence-corrected chi connectivity index (χ1v) is 9.34. The summed E-state index contributed by atoms with van der Waals surface area (Å²) >= 11 is 0. The molecule has 1 aliphatic heterocycles. The van der Waals surface area contributed by atoms with Crippen LogP contribution in [-0.4, -0.2) is 39.1 Å². The molecule has 1 aliphatic rings. The largest absolute Gasteiger partial charge is 0.497 e. The molecule has 0 bridgehead atoms. The maximum absolute atomic E-state index is 12.0. The summed E-state index contributed by atoms with van der Waals surface area (Å²) in [4.78, 5) is 0. The minimum Gasteiger partial charge on any atom is -0.497 e. The Morgan fingerprint density at radius 1 is 1.26 bits per heavy atom. The number of ether oxygens (including phenoxy) is 1. The van der Waals surface area contributed by atoms with E-state index < -0.39 is 9.84 Å². The van der Waals surface area contributed by atoms with E-state index in [1.165, 1.54) is 0 Å². The number of sulfone groups is 1. The smallest absolute Gasteiger partial charge is 0.158 e. The maximum atomic E-state index is 12.0. The fourth-order valence-electron chi connectivity index (χ4n) is 2.85. The van der Waals surface area contributed by atoms with E-state index >= 15 is 0 Å². The van der Waals surface area contributed by atoms with Crippen LogP contribution in [0.1, 0.15) is 5.76 Å². The van der Waals surface area contributed by atoms with Crippen LogP contribution in [0.3, 0.4) is 0 Å². The highest BCUT2D eigenvalue weighted by Gasteiger charge is 2.40. The molecular formula is C16H21N2O4S+. The van der Waals surface area contributed by atoms with Gasteiger partial charge in [0.2, 0.25) is 0 Å². The Morgan fingerprint density at radius 2 is 2.04 bits per heavy atom. The molecule has 2 heterocycles. The van der Waals surface area contributed by atoms with Crippen molar-refractivity contribution in [2.24, 2.45) is 0 Å². The Labute approximate surface area is 135 Å². The summed E-state index contributed by atoms with van der Waals surface area (Å²) in [6.45, 7) is 0.633.